The number of ether oxygens (including phenoxy) is 1. The van der Waals surface area contributed by atoms with Gasteiger partial charge in [-0.15, -0.1) is 0 Å². The van der Waals surface area contributed by atoms with Crippen LogP contribution >= 0.6 is 11.6 Å². The van der Waals surface area contributed by atoms with Crippen LogP contribution < -0.4 is 5.32 Å². The predicted octanol–water partition coefficient (Wildman–Crippen LogP) is 4.46. The third-order valence-electron chi connectivity index (χ3n) is 3.77. The molecule has 1 aliphatic rings. The maximum Gasteiger partial charge on any atom is 0.410 e. The van der Waals surface area contributed by atoms with Crippen molar-refractivity contribution in [2.75, 3.05) is 18.4 Å². The molecular formula is C17H25ClN2O2. The van der Waals surface area contributed by atoms with Gasteiger partial charge in [0.05, 0.1) is 0 Å². The van der Waals surface area contributed by atoms with Crippen LogP contribution in [-0.4, -0.2) is 35.7 Å². The van der Waals surface area contributed by atoms with Gasteiger partial charge in [-0.05, 0) is 58.2 Å². The number of nitrogens with zero attached hydrogens (tertiary/aromatic N) is 1. The molecule has 4 nitrogen and oxygen atoms in total. The molecule has 22 heavy (non-hydrogen) atoms. The lowest BCUT2D eigenvalue weighted by Gasteiger charge is -2.34. The molecule has 5 heteroatoms. The van der Waals surface area contributed by atoms with Gasteiger partial charge in [-0.2, -0.15) is 0 Å². The van der Waals surface area contributed by atoms with Gasteiger partial charge in [0.25, 0.3) is 0 Å². The maximum absolute atomic E-state index is 12.0. The standard InChI is InChI=1S/C17H25ClN2O2/c1-12-14(18)6-5-7-15(12)19-13-8-10-20(11-9-13)16(21)22-17(2,3)4/h5-7,13,19H,8-11H2,1-4H3. The number of hydrogen-bond donors (Lipinski definition) is 1. The van der Waals surface area contributed by atoms with Crippen LogP contribution in [-0.2, 0) is 4.74 Å². The van der Waals surface area contributed by atoms with Crippen LogP contribution in [0.15, 0.2) is 18.2 Å². The molecule has 0 saturated carbocycles. The number of nitrogens with one attached hydrogen (secondary N) is 1. The van der Waals surface area contributed by atoms with E-state index < -0.39 is 5.60 Å². The Morgan fingerprint density at radius 2 is 1.95 bits per heavy atom. The van der Waals surface area contributed by atoms with Gasteiger partial charge in [-0.1, -0.05) is 17.7 Å². The molecule has 1 fully saturated rings. The van der Waals surface area contributed by atoms with Crippen molar-refractivity contribution in [3.05, 3.63) is 28.8 Å². The summed E-state index contributed by atoms with van der Waals surface area (Å²) in [6, 6.07) is 6.25. The number of anilines is 1. The molecule has 1 saturated heterocycles. The number of benzene rings is 1. The van der Waals surface area contributed by atoms with Crippen molar-refractivity contribution in [3.8, 4) is 0 Å². The van der Waals surface area contributed by atoms with E-state index in [1.807, 2.05) is 45.9 Å². The summed E-state index contributed by atoms with van der Waals surface area (Å²) in [6.07, 6.45) is 1.60. The van der Waals surface area contributed by atoms with E-state index >= 15 is 0 Å². The second-order valence-electron chi connectivity index (χ2n) is 6.80. The number of likely N-dealkylation sites (tertiary alicyclic amines) is 1. The van der Waals surface area contributed by atoms with Crippen molar-refractivity contribution in [1.82, 2.24) is 4.90 Å². The average Bonchev–Trinajstić information content (AvgIpc) is 2.43. The highest BCUT2D eigenvalue weighted by molar-refractivity contribution is 6.31. The Labute approximate surface area is 137 Å². The van der Waals surface area contributed by atoms with Crippen molar-refractivity contribution in [3.63, 3.8) is 0 Å². The number of carbonyl (C=O) groups excluding carboxylic acids is 1. The van der Waals surface area contributed by atoms with Crippen LogP contribution in [0, 0.1) is 6.92 Å². The molecule has 0 atom stereocenters. The highest BCUT2D eigenvalue weighted by Gasteiger charge is 2.26. The topological polar surface area (TPSA) is 41.6 Å². The molecule has 0 radical (unpaired) electrons. The van der Waals surface area contributed by atoms with Gasteiger partial charge in [0.15, 0.2) is 0 Å². The molecule has 1 N–H and O–H groups in total. The summed E-state index contributed by atoms with van der Waals surface area (Å²) in [7, 11) is 0. The molecule has 1 aliphatic heterocycles. The van der Waals surface area contributed by atoms with E-state index in [9.17, 15) is 4.79 Å². The highest BCUT2D eigenvalue weighted by Crippen LogP contribution is 2.25. The molecule has 0 bridgehead atoms. The molecular weight excluding hydrogens is 300 g/mol. The van der Waals surface area contributed by atoms with E-state index in [4.69, 9.17) is 16.3 Å². The van der Waals surface area contributed by atoms with Gasteiger partial charge < -0.3 is 15.0 Å². The minimum atomic E-state index is -0.440. The average molecular weight is 325 g/mol. The quantitative estimate of drug-likeness (QED) is 0.873. The van der Waals surface area contributed by atoms with Crippen LogP contribution in [0.3, 0.4) is 0 Å². The fraction of sp³-hybridized carbons (Fsp3) is 0.588. The third kappa shape index (κ3) is 4.54. The SMILES string of the molecule is Cc1c(Cl)cccc1NC1CCN(C(=O)OC(C)(C)C)CC1. The molecule has 1 heterocycles. The van der Waals surface area contributed by atoms with Crippen molar-refractivity contribution in [1.29, 1.82) is 0 Å². The second-order valence-corrected chi connectivity index (χ2v) is 7.21. The summed E-state index contributed by atoms with van der Waals surface area (Å²) in [5.74, 6) is 0. The van der Waals surface area contributed by atoms with E-state index in [0.717, 1.165) is 29.1 Å². The lowest BCUT2D eigenvalue weighted by molar-refractivity contribution is 0.0210. The van der Waals surface area contributed by atoms with Gasteiger partial charge in [-0.25, -0.2) is 4.79 Å². The molecule has 0 aromatic heterocycles. The first-order valence-electron chi connectivity index (χ1n) is 7.76. The van der Waals surface area contributed by atoms with Crippen molar-refractivity contribution < 1.29 is 9.53 Å². The van der Waals surface area contributed by atoms with Gasteiger partial charge in [-0.3, -0.25) is 0 Å². The minimum Gasteiger partial charge on any atom is -0.444 e. The molecule has 1 aromatic carbocycles. The molecule has 0 spiro atoms. The Bertz CT molecular complexity index is 532. The summed E-state index contributed by atoms with van der Waals surface area (Å²) in [5.41, 5.74) is 1.70. The minimum absolute atomic E-state index is 0.218. The number of halogens is 1. The first-order valence-corrected chi connectivity index (χ1v) is 8.13. The maximum atomic E-state index is 12.0. The second kappa shape index (κ2) is 6.78. The van der Waals surface area contributed by atoms with Crippen molar-refractivity contribution in [2.24, 2.45) is 0 Å². The Balaban J connectivity index is 1.87. The summed E-state index contributed by atoms with van der Waals surface area (Å²) in [5, 5.41) is 4.31. The number of piperidine rings is 1. The van der Waals surface area contributed by atoms with Crippen LogP contribution in [0.5, 0.6) is 0 Å². The Morgan fingerprint density at radius 3 is 2.55 bits per heavy atom. The van der Waals surface area contributed by atoms with Crippen molar-refractivity contribution >= 4 is 23.4 Å². The van der Waals surface area contributed by atoms with E-state index in [2.05, 4.69) is 5.32 Å². The molecule has 0 aliphatic carbocycles. The van der Waals surface area contributed by atoms with E-state index in [0.29, 0.717) is 19.1 Å². The monoisotopic (exact) mass is 324 g/mol. The van der Waals surface area contributed by atoms with Crippen LogP contribution in [0.25, 0.3) is 0 Å². The zero-order valence-corrected chi connectivity index (χ0v) is 14.5. The van der Waals surface area contributed by atoms with Crippen molar-refractivity contribution in [2.45, 2.75) is 52.2 Å². The summed E-state index contributed by atoms with van der Waals surface area (Å²) < 4.78 is 5.41. The smallest absolute Gasteiger partial charge is 0.410 e. The zero-order chi connectivity index (χ0) is 16.3. The number of carbonyl (C=O) groups is 1. The fourth-order valence-electron chi connectivity index (χ4n) is 2.52. The molecule has 2 rings (SSSR count). The molecule has 1 amide bonds. The van der Waals surface area contributed by atoms with Gasteiger partial charge in [0, 0.05) is 29.8 Å². The lowest BCUT2D eigenvalue weighted by Crippen LogP contribution is -2.44. The highest BCUT2D eigenvalue weighted by atomic mass is 35.5. The van der Waals surface area contributed by atoms with E-state index in [1.165, 1.54) is 0 Å². The Morgan fingerprint density at radius 1 is 1.32 bits per heavy atom. The Hall–Kier alpha value is -1.42. The molecule has 1 aromatic rings. The van der Waals surface area contributed by atoms with Crippen LogP contribution in [0.2, 0.25) is 5.02 Å². The molecule has 0 unspecified atom stereocenters. The summed E-state index contributed by atoms with van der Waals surface area (Å²) in [6.45, 7) is 9.11. The van der Waals surface area contributed by atoms with Crippen LogP contribution in [0.1, 0.15) is 39.2 Å². The Kier molecular flexibility index (Phi) is 5.22. The van der Waals surface area contributed by atoms with E-state index in [1.54, 1.807) is 4.90 Å². The first kappa shape index (κ1) is 16.9. The first-order chi connectivity index (χ1) is 10.3. The summed E-state index contributed by atoms with van der Waals surface area (Å²) >= 11 is 6.15. The largest absolute Gasteiger partial charge is 0.444 e. The predicted molar refractivity (Wildman–Crippen MR) is 90.6 cm³/mol. The third-order valence-corrected chi connectivity index (χ3v) is 4.18. The normalized spacial score (nSPS) is 16.5. The lowest BCUT2D eigenvalue weighted by atomic mass is 10.0. The zero-order valence-electron chi connectivity index (χ0n) is 13.8. The van der Waals surface area contributed by atoms with Gasteiger partial charge >= 0.3 is 6.09 Å². The van der Waals surface area contributed by atoms with Gasteiger partial charge in [0.2, 0.25) is 0 Å². The number of rotatable bonds is 2. The number of amides is 1. The van der Waals surface area contributed by atoms with Gasteiger partial charge in [0.1, 0.15) is 5.60 Å². The number of hydrogen-bond acceptors (Lipinski definition) is 3. The van der Waals surface area contributed by atoms with Crippen LogP contribution in [0.4, 0.5) is 10.5 Å². The molecule has 122 valence electrons. The fourth-order valence-corrected chi connectivity index (χ4v) is 2.69. The summed E-state index contributed by atoms with van der Waals surface area (Å²) in [4.78, 5) is 13.8. The van der Waals surface area contributed by atoms with E-state index in [-0.39, 0.29) is 6.09 Å².